The zero-order chi connectivity index (χ0) is 12.5. The van der Waals surface area contributed by atoms with E-state index in [4.69, 9.17) is 5.41 Å². The fourth-order valence-electron chi connectivity index (χ4n) is 2.24. The fraction of sp³-hybridized carbons (Fsp3) is 0.692. The molecule has 0 aromatic rings. The van der Waals surface area contributed by atoms with Crippen molar-refractivity contribution in [1.29, 1.82) is 5.41 Å². The van der Waals surface area contributed by atoms with E-state index in [2.05, 4.69) is 22.9 Å². The van der Waals surface area contributed by atoms with Crippen molar-refractivity contribution in [2.24, 2.45) is 10.9 Å². The van der Waals surface area contributed by atoms with Crippen molar-refractivity contribution >= 4 is 12.1 Å². The molecule has 17 heavy (non-hydrogen) atoms. The Morgan fingerprint density at radius 1 is 1.41 bits per heavy atom. The lowest BCUT2D eigenvalue weighted by Gasteiger charge is -2.22. The number of hydrogen-bond acceptors (Lipinski definition) is 2. The van der Waals surface area contributed by atoms with Gasteiger partial charge < -0.3 is 0 Å². The van der Waals surface area contributed by atoms with E-state index in [0.29, 0.717) is 5.92 Å². The molecule has 0 heterocycles. The summed E-state index contributed by atoms with van der Waals surface area (Å²) in [5, 5.41) is 7.34. The van der Waals surface area contributed by atoms with Crippen LogP contribution in [-0.4, -0.2) is 18.7 Å². The minimum absolute atomic E-state index is 0.0784. The Balaban J connectivity index is 2.59. The maximum atomic E-state index is 11.5. The molecule has 0 aliphatic heterocycles. The van der Waals surface area contributed by atoms with Gasteiger partial charge in [-0.3, -0.25) is 5.41 Å². The normalized spacial score (nSPS) is 18.8. The summed E-state index contributed by atoms with van der Waals surface area (Å²) < 4.78 is 11.5. The molecule has 0 atom stereocenters. The number of allylic oxidation sites excluding steroid dienone is 2. The third kappa shape index (κ3) is 5.22. The first-order chi connectivity index (χ1) is 8.27. The summed E-state index contributed by atoms with van der Waals surface area (Å²) in [6, 6.07) is 0. The van der Waals surface area contributed by atoms with Gasteiger partial charge in [-0.1, -0.05) is 32.3 Å². The number of rotatable bonds is 5. The van der Waals surface area contributed by atoms with Crippen molar-refractivity contribution < 1.29 is 9.47 Å². The minimum atomic E-state index is -0.374. The molecule has 0 amide bonds. The Labute approximate surface area is 102 Å². The van der Waals surface area contributed by atoms with Crippen LogP contribution in [0.4, 0.5) is 4.53 Å². The van der Waals surface area contributed by atoms with Gasteiger partial charge in [0.1, 0.15) is 12.4 Å². The van der Waals surface area contributed by atoms with E-state index in [1.54, 1.807) is 6.21 Å². The predicted octanol–water partition coefficient (Wildman–Crippen LogP) is 3.85. The van der Waals surface area contributed by atoms with E-state index in [0.717, 1.165) is 6.42 Å². The summed E-state index contributed by atoms with van der Waals surface area (Å²) >= 11 is 0. The summed E-state index contributed by atoms with van der Waals surface area (Å²) in [7, 11) is 0. The van der Waals surface area contributed by atoms with Gasteiger partial charge in [-0.25, -0.2) is 4.99 Å². The van der Waals surface area contributed by atoms with E-state index in [1.165, 1.54) is 37.7 Å². The van der Waals surface area contributed by atoms with E-state index >= 15 is 0 Å². The Morgan fingerprint density at radius 2 is 2.12 bits per heavy atom. The van der Waals surface area contributed by atoms with Crippen LogP contribution in [0.25, 0.3) is 0 Å². The van der Waals surface area contributed by atoms with Gasteiger partial charge in [0.05, 0.1) is 0 Å². The topological polar surface area (TPSA) is 45.4 Å². The molecule has 1 aliphatic rings. The summed E-state index contributed by atoms with van der Waals surface area (Å²) in [4.78, 5) is 7.32. The molecule has 0 aromatic heterocycles. The molecule has 1 N–H and O–H groups in total. The SMILES string of the molecule is CC/C=C(\C=NC(=N)COF)C1CCCCC1. The first kappa shape index (κ1) is 14.0. The lowest BCUT2D eigenvalue weighted by atomic mass is 9.84. The third-order valence-electron chi connectivity index (χ3n) is 3.08. The van der Waals surface area contributed by atoms with Gasteiger partial charge in [-0.05, 0) is 35.3 Å². The molecular weight excluding hydrogens is 219 g/mol. The molecule has 0 spiro atoms. The summed E-state index contributed by atoms with van der Waals surface area (Å²) in [6.07, 6.45) is 11.1. The van der Waals surface area contributed by atoms with Crippen LogP contribution in [0.3, 0.4) is 0 Å². The molecular formula is C13H21FN2O. The number of halogens is 1. The van der Waals surface area contributed by atoms with E-state index < -0.39 is 0 Å². The predicted molar refractivity (Wildman–Crippen MR) is 68.2 cm³/mol. The van der Waals surface area contributed by atoms with Crippen LogP contribution >= 0.6 is 0 Å². The van der Waals surface area contributed by atoms with Crippen molar-refractivity contribution in [3.05, 3.63) is 11.6 Å². The first-order valence-corrected chi connectivity index (χ1v) is 6.33. The van der Waals surface area contributed by atoms with Gasteiger partial charge in [0.15, 0.2) is 0 Å². The average Bonchev–Trinajstić information content (AvgIpc) is 2.36. The molecule has 0 radical (unpaired) electrons. The van der Waals surface area contributed by atoms with Crippen molar-refractivity contribution in [3.63, 3.8) is 0 Å². The summed E-state index contributed by atoms with van der Waals surface area (Å²) in [5.74, 6) is 0.483. The number of nitrogens with zero attached hydrogens (tertiary/aromatic N) is 1. The van der Waals surface area contributed by atoms with E-state index in [-0.39, 0.29) is 12.4 Å². The molecule has 1 fully saturated rings. The maximum Gasteiger partial charge on any atom is 0.150 e. The van der Waals surface area contributed by atoms with Gasteiger partial charge in [0, 0.05) is 6.21 Å². The second-order valence-electron chi connectivity index (χ2n) is 4.41. The molecule has 0 unspecified atom stereocenters. The molecule has 1 aliphatic carbocycles. The molecule has 96 valence electrons. The number of amidine groups is 1. The lowest BCUT2D eigenvalue weighted by Crippen LogP contribution is -2.11. The molecule has 0 bridgehead atoms. The highest BCUT2D eigenvalue weighted by atomic mass is 19.3. The van der Waals surface area contributed by atoms with Crippen LogP contribution < -0.4 is 0 Å². The summed E-state index contributed by atoms with van der Waals surface area (Å²) in [6.45, 7) is 1.72. The zero-order valence-electron chi connectivity index (χ0n) is 10.4. The Bertz CT molecular complexity index is 294. The standard InChI is InChI=1S/C13H21FN2O/c1-2-6-12(9-16-13(15)10-17-14)11-7-4-3-5-8-11/h6,9,11,15H,2-5,7-8,10H2,1H3/b12-6+,15-13?,16-9?. The van der Waals surface area contributed by atoms with Gasteiger partial charge in [0.2, 0.25) is 0 Å². The smallest absolute Gasteiger partial charge is 0.150 e. The molecule has 0 saturated heterocycles. The second-order valence-corrected chi connectivity index (χ2v) is 4.41. The minimum Gasteiger partial charge on any atom is -0.285 e. The van der Waals surface area contributed by atoms with Gasteiger partial charge in [-0.15, -0.1) is 0 Å². The van der Waals surface area contributed by atoms with E-state index in [1.807, 2.05) is 0 Å². The first-order valence-electron chi connectivity index (χ1n) is 6.33. The quantitative estimate of drug-likeness (QED) is 0.575. The number of hydrogen-bond donors (Lipinski definition) is 1. The average molecular weight is 240 g/mol. The van der Waals surface area contributed by atoms with Gasteiger partial charge >= 0.3 is 0 Å². The van der Waals surface area contributed by atoms with Crippen molar-refractivity contribution in [2.75, 3.05) is 6.61 Å². The maximum absolute atomic E-state index is 11.5. The van der Waals surface area contributed by atoms with Crippen LogP contribution in [0.15, 0.2) is 16.6 Å². The summed E-state index contributed by atoms with van der Waals surface area (Å²) in [5.41, 5.74) is 1.19. The highest BCUT2D eigenvalue weighted by Crippen LogP contribution is 2.29. The Morgan fingerprint density at radius 3 is 2.71 bits per heavy atom. The molecule has 0 aromatic carbocycles. The second kappa shape index (κ2) is 8.12. The number of nitrogens with one attached hydrogen (secondary N) is 1. The van der Waals surface area contributed by atoms with Crippen LogP contribution in [0.5, 0.6) is 0 Å². The largest absolute Gasteiger partial charge is 0.285 e. The third-order valence-corrected chi connectivity index (χ3v) is 3.08. The zero-order valence-corrected chi connectivity index (χ0v) is 10.4. The van der Waals surface area contributed by atoms with Gasteiger partial charge in [-0.2, -0.15) is 4.94 Å². The lowest BCUT2D eigenvalue weighted by molar-refractivity contribution is -0.112. The molecule has 1 rings (SSSR count). The fourth-order valence-corrected chi connectivity index (χ4v) is 2.24. The Kier molecular flexibility index (Phi) is 6.70. The monoisotopic (exact) mass is 240 g/mol. The molecule has 1 saturated carbocycles. The molecule has 4 heteroatoms. The van der Waals surface area contributed by atoms with Gasteiger partial charge in [0.25, 0.3) is 0 Å². The highest BCUT2D eigenvalue weighted by Gasteiger charge is 2.16. The molecule has 3 nitrogen and oxygen atoms in total. The van der Waals surface area contributed by atoms with Crippen molar-refractivity contribution in [2.45, 2.75) is 45.4 Å². The van der Waals surface area contributed by atoms with E-state index in [9.17, 15) is 4.53 Å². The van der Waals surface area contributed by atoms with Crippen LogP contribution in [0.2, 0.25) is 0 Å². The van der Waals surface area contributed by atoms with Crippen molar-refractivity contribution in [1.82, 2.24) is 0 Å². The van der Waals surface area contributed by atoms with Crippen molar-refractivity contribution in [3.8, 4) is 0 Å². The highest BCUT2D eigenvalue weighted by molar-refractivity contribution is 5.93. The Hall–Kier alpha value is -1.03. The van der Waals surface area contributed by atoms with Crippen LogP contribution in [0, 0.1) is 11.3 Å². The van der Waals surface area contributed by atoms with Crippen LogP contribution in [0.1, 0.15) is 45.4 Å². The van der Waals surface area contributed by atoms with Crippen LogP contribution in [-0.2, 0) is 4.94 Å². The number of aliphatic imine (C=N–C) groups is 1.